The third kappa shape index (κ3) is 7.49. The lowest BCUT2D eigenvalue weighted by molar-refractivity contribution is -0.357. The van der Waals surface area contributed by atoms with Gasteiger partial charge in [-0.3, -0.25) is 4.57 Å². The predicted molar refractivity (Wildman–Crippen MR) is 71.5 cm³/mol. The highest BCUT2D eigenvalue weighted by Gasteiger charge is 2.35. The van der Waals surface area contributed by atoms with Gasteiger partial charge in [0, 0.05) is 0 Å². The van der Waals surface area contributed by atoms with Crippen LogP contribution >= 0.6 is 7.60 Å². The van der Waals surface area contributed by atoms with E-state index in [0.717, 1.165) is 12.8 Å². The largest absolute Gasteiger partial charge is 0.362 e. The molecule has 0 saturated carbocycles. The number of rotatable bonds is 9. The van der Waals surface area contributed by atoms with Crippen LogP contribution in [-0.4, -0.2) is 24.7 Å². The van der Waals surface area contributed by atoms with Crippen molar-refractivity contribution in [2.75, 3.05) is 13.2 Å². The van der Waals surface area contributed by atoms with Gasteiger partial charge in [-0.2, -0.15) is 0 Å². The minimum absolute atomic E-state index is 0.379. The van der Waals surface area contributed by atoms with Crippen LogP contribution in [0.3, 0.4) is 0 Å². The van der Waals surface area contributed by atoms with Gasteiger partial charge in [0.15, 0.2) is 5.85 Å². The lowest BCUT2D eigenvalue weighted by Gasteiger charge is -2.26. The molecule has 0 aliphatic carbocycles. The summed E-state index contributed by atoms with van der Waals surface area (Å²) in [7, 11) is -3.28. The van der Waals surface area contributed by atoms with Crippen LogP contribution in [0.2, 0.25) is 0 Å². The fourth-order valence-corrected chi connectivity index (χ4v) is 2.47. The van der Waals surface area contributed by atoms with E-state index in [1.165, 1.54) is 0 Å². The number of hydrogen-bond donors (Lipinski definition) is 0. The zero-order chi connectivity index (χ0) is 14.2. The maximum Gasteiger partial charge on any atom is 0.362 e. The molecule has 110 valence electrons. The molecule has 5 nitrogen and oxygen atoms in total. The molecule has 0 N–H and O–H groups in total. The Bertz CT molecular complexity index is 250. The SMILES string of the molecule is CCCOP(=O)(OCCC)C(C)OOC(C)(C)C. The van der Waals surface area contributed by atoms with Crippen molar-refractivity contribution in [2.24, 2.45) is 0 Å². The average molecular weight is 282 g/mol. The van der Waals surface area contributed by atoms with Crippen molar-refractivity contribution in [3.8, 4) is 0 Å². The van der Waals surface area contributed by atoms with Crippen molar-refractivity contribution in [3.05, 3.63) is 0 Å². The van der Waals surface area contributed by atoms with Crippen molar-refractivity contribution in [1.82, 2.24) is 0 Å². The van der Waals surface area contributed by atoms with Gasteiger partial charge in [-0.15, -0.1) is 0 Å². The quantitative estimate of drug-likeness (QED) is 0.361. The third-order valence-electron chi connectivity index (χ3n) is 1.83. The minimum Gasteiger partial charge on any atom is -0.307 e. The fourth-order valence-electron chi connectivity index (χ4n) is 0.951. The summed E-state index contributed by atoms with van der Waals surface area (Å²) in [4.78, 5) is 10.3. The van der Waals surface area contributed by atoms with E-state index in [0.29, 0.717) is 13.2 Å². The smallest absolute Gasteiger partial charge is 0.307 e. The molecule has 0 aliphatic heterocycles. The molecule has 0 aromatic carbocycles. The topological polar surface area (TPSA) is 54.0 Å². The Morgan fingerprint density at radius 2 is 1.50 bits per heavy atom. The van der Waals surface area contributed by atoms with Gasteiger partial charge in [-0.25, -0.2) is 9.78 Å². The van der Waals surface area contributed by atoms with Gasteiger partial charge in [0.1, 0.15) is 0 Å². The van der Waals surface area contributed by atoms with E-state index < -0.39 is 19.0 Å². The van der Waals surface area contributed by atoms with E-state index in [4.69, 9.17) is 18.8 Å². The van der Waals surface area contributed by atoms with Crippen LogP contribution in [-0.2, 0) is 23.4 Å². The molecule has 0 fully saturated rings. The highest BCUT2D eigenvalue weighted by atomic mass is 31.2. The van der Waals surface area contributed by atoms with Crippen LogP contribution in [0.25, 0.3) is 0 Å². The second-order valence-corrected chi connectivity index (χ2v) is 7.42. The molecule has 0 aromatic rings. The Kier molecular flexibility index (Phi) is 8.31. The summed E-state index contributed by atoms with van der Waals surface area (Å²) < 4.78 is 23.2. The van der Waals surface area contributed by atoms with Crippen LogP contribution in [0.5, 0.6) is 0 Å². The molecular formula is C12H27O5P. The molecule has 0 rings (SSSR count). The summed E-state index contributed by atoms with van der Waals surface area (Å²) in [6.07, 6.45) is 1.54. The Morgan fingerprint density at radius 3 is 1.83 bits per heavy atom. The van der Waals surface area contributed by atoms with E-state index >= 15 is 0 Å². The first kappa shape index (κ1) is 18.1. The highest BCUT2D eigenvalue weighted by Crippen LogP contribution is 2.53. The summed E-state index contributed by atoms with van der Waals surface area (Å²) in [6.45, 7) is 11.8. The van der Waals surface area contributed by atoms with Gasteiger partial charge in [0.05, 0.1) is 18.8 Å². The first-order chi connectivity index (χ1) is 8.25. The predicted octanol–water partition coefficient (Wildman–Crippen LogP) is 4.13. The standard InChI is InChI=1S/C12H27O5P/c1-7-9-14-18(13,15-10-8-2)11(3)16-17-12(4,5)6/h11H,7-10H2,1-6H3. The fraction of sp³-hybridized carbons (Fsp3) is 1.00. The van der Waals surface area contributed by atoms with Crippen molar-refractivity contribution in [3.63, 3.8) is 0 Å². The summed E-state index contributed by atoms with van der Waals surface area (Å²) in [5.41, 5.74) is -0.464. The maximum atomic E-state index is 12.5. The van der Waals surface area contributed by atoms with Gasteiger partial charge in [-0.05, 0) is 40.5 Å². The van der Waals surface area contributed by atoms with Crippen molar-refractivity contribution in [2.45, 2.75) is 65.8 Å². The molecular weight excluding hydrogens is 255 g/mol. The van der Waals surface area contributed by atoms with E-state index in [1.54, 1.807) is 6.92 Å². The maximum absolute atomic E-state index is 12.5. The summed E-state index contributed by atoms with van der Waals surface area (Å²) >= 11 is 0. The molecule has 0 radical (unpaired) electrons. The van der Waals surface area contributed by atoms with Crippen LogP contribution in [0.1, 0.15) is 54.4 Å². The second-order valence-electron chi connectivity index (χ2n) is 5.10. The van der Waals surface area contributed by atoms with Gasteiger partial charge in [-0.1, -0.05) is 13.8 Å². The van der Waals surface area contributed by atoms with Gasteiger partial charge >= 0.3 is 7.60 Å². The molecule has 0 aromatic heterocycles. The Morgan fingerprint density at radius 1 is 1.06 bits per heavy atom. The lowest BCUT2D eigenvalue weighted by atomic mass is 10.2. The Hall–Kier alpha value is 0.0700. The van der Waals surface area contributed by atoms with E-state index in [-0.39, 0.29) is 0 Å². The molecule has 18 heavy (non-hydrogen) atoms. The average Bonchev–Trinajstić information content (AvgIpc) is 2.29. The molecule has 0 amide bonds. The zero-order valence-electron chi connectivity index (χ0n) is 12.4. The van der Waals surface area contributed by atoms with Gasteiger partial charge in [0.25, 0.3) is 0 Å². The lowest BCUT2D eigenvalue weighted by Crippen LogP contribution is -2.24. The summed E-state index contributed by atoms with van der Waals surface area (Å²) in [5, 5.41) is 0. The molecule has 1 unspecified atom stereocenters. The molecule has 0 spiro atoms. The van der Waals surface area contributed by atoms with Crippen molar-refractivity contribution >= 4 is 7.60 Å². The highest BCUT2D eigenvalue weighted by molar-refractivity contribution is 7.54. The Labute approximate surface area is 111 Å². The summed E-state index contributed by atoms with van der Waals surface area (Å²) in [5.74, 6) is -0.741. The van der Waals surface area contributed by atoms with Crippen LogP contribution < -0.4 is 0 Å². The van der Waals surface area contributed by atoms with Crippen LogP contribution in [0.4, 0.5) is 0 Å². The van der Waals surface area contributed by atoms with Crippen molar-refractivity contribution in [1.29, 1.82) is 0 Å². The first-order valence-electron chi connectivity index (χ1n) is 6.48. The monoisotopic (exact) mass is 282 g/mol. The summed E-state index contributed by atoms with van der Waals surface area (Å²) in [6, 6.07) is 0. The molecule has 6 heteroatoms. The second kappa shape index (κ2) is 8.28. The van der Waals surface area contributed by atoms with E-state index in [2.05, 4.69) is 0 Å². The molecule has 1 atom stereocenters. The molecule has 0 heterocycles. The van der Waals surface area contributed by atoms with Crippen LogP contribution in [0, 0.1) is 0 Å². The minimum atomic E-state index is -3.28. The van der Waals surface area contributed by atoms with E-state index in [1.807, 2.05) is 34.6 Å². The third-order valence-corrected chi connectivity index (χ3v) is 3.90. The molecule has 0 saturated heterocycles. The zero-order valence-corrected chi connectivity index (χ0v) is 13.3. The molecule has 0 aliphatic rings. The number of hydrogen-bond acceptors (Lipinski definition) is 5. The van der Waals surface area contributed by atoms with Crippen LogP contribution in [0.15, 0.2) is 0 Å². The van der Waals surface area contributed by atoms with Gasteiger partial charge < -0.3 is 9.05 Å². The Balaban J connectivity index is 4.48. The van der Waals surface area contributed by atoms with Crippen molar-refractivity contribution < 1.29 is 23.4 Å². The van der Waals surface area contributed by atoms with Gasteiger partial charge in [0.2, 0.25) is 0 Å². The normalized spacial score (nSPS) is 14.8. The first-order valence-corrected chi connectivity index (χ1v) is 8.09. The van der Waals surface area contributed by atoms with E-state index in [9.17, 15) is 4.57 Å². The molecule has 0 bridgehead atoms.